The number of nitrogens with one attached hydrogen (secondary N) is 1. The molecule has 0 amide bonds. The lowest BCUT2D eigenvalue weighted by molar-refractivity contribution is 0.468. The first-order valence-electron chi connectivity index (χ1n) is 5.67. The lowest BCUT2D eigenvalue weighted by atomic mass is 9.76. The average Bonchev–Trinajstić information content (AvgIpc) is 2.63. The molecule has 1 heterocycles. The Labute approximate surface area is 92.2 Å². The fourth-order valence-electron chi connectivity index (χ4n) is 2.66. The van der Waals surface area contributed by atoms with Gasteiger partial charge in [-0.15, -0.1) is 6.58 Å². The fourth-order valence-corrected chi connectivity index (χ4v) is 2.66. The van der Waals surface area contributed by atoms with Crippen molar-refractivity contribution in [3.05, 3.63) is 48.6 Å². The zero-order valence-electron chi connectivity index (χ0n) is 9.37. The number of allylic oxidation sites excluding steroid dienone is 1. The van der Waals surface area contributed by atoms with Crippen molar-refractivity contribution in [2.75, 3.05) is 6.54 Å². The first kappa shape index (κ1) is 10.4. The molecule has 0 aromatic heterocycles. The summed E-state index contributed by atoms with van der Waals surface area (Å²) in [6.07, 6.45) is 4.32. The summed E-state index contributed by atoms with van der Waals surface area (Å²) in [4.78, 5) is 0. The average molecular weight is 201 g/mol. The Balaban J connectivity index is 2.31. The first-order chi connectivity index (χ1) is 7.27. The van der Waals surface area contributed by atoms with Crippen LogP contribution in [0.4, 0.5) is 0 Å². The summed E-state index contributed by atoms with van der Waals surface area (Å²) < 4.78 is 0. The van der Waals surface area contributed by atoms with Gasteiger partial charge in [-0.1, -0.05) is 36.4 Å². The summed E-state index contributed by atoms with van der Waals surface area (Å²) in [6, 6.07) is 11.4. The van der Waals surface area contributed by atoms with E-state index in [1.54, 1.807) is 0 Å². The molecule has 1 N–H and O–H groups in total. The molecule has 0 aliphatic carbocycles. The maximum atomic E-state index is 3.89. The van der Waals surface area contributed by atoms with Crippen molar-refractivity contribution < 1.29 is 0 Å². The van der Waals surface area contributed by atoms with Gasteiger partial charge in [-0.2, -0.15) is 0 Å². The molecule has 2 atom stereocenters. The van der Waals surface area contributed by atoms with Gasteiger partial charge in [-0.05, 0) is 25.3 Å². The van der Waals surface area contributed by atoms with Gasteiger partial charge in [0.25, 0.3) is 0 Å². The van der Waals surface area contributed by atoms with Gasteiger partial charge in [-0.3, -0.25) is 0 Å². The second-order valence-electron chi connectivity index (χ2n) is 4.63. The van der Waals surface area contributed by atoms with E-state index in [9.17, 15) is 0 Å². The highest BCUT2D eigenvalue weighted by Gasteiger charge is 2.37. The molecule has 1 heteroatoms. The number of rotatable bonds is 3. The highest BCUT2D eigenvalue weighted by molar-refractivity contribution is 5.29. The molecule has 0 spiro atoms. The van der Waals surface area contributed by atoms with Crippen LogP contribution in [-0.2, 0) is 5.41 Å². The van der Waals surface area contributed by atoms with E-state index in [4.69, 9.17) is 0 Å². The van der Waals surface area contributed by atoms with E-state index in [0.29, 0.717) is 6.04 Å². The van der Waals surface area contributed by atoms with Gasteiger partial charge in [0.05, 0.1) is 0 Å². The summed E-state index contributed by atoms with van der Waals surface area (Å²) in [6.45, 7) is 7.22. The second-order valence-corrected chi connectivity index (χ2v) is 4.63. The van der Waals surface area contributed by atoms with Crippen LogP contribution in [0.5, 0.6) is 0 Å². The minimum atomic E-state index is 0.280. The predicted octanol–water partition coefficient (Wildman–Crippen LogP) is 2.88. The van der Waals surface area contributed by atoms with Crippen molar-refractivity contribution in [2.24, 2.45) is 0 Å². The van der Waals surface area contributed by atoms with Crippen LogP contribution in [0.3, 0.4) is 0 Å². The van der Waals surface area contributed by atoms with Crippen LogP contribution in [0.15, 0.2) is 43.0 Å². The van der Waals surface area contributed by atoms with Crippen LogP contribution in [0.1, 0.15) is 25.3 Å². The molecule has 1 saturated heterocycles. The van der Waals surface area contributed by atoms with E-state index < -0.39 is 0 Å². The lowest BCUT2D eigenvalue weighted by Gasteiger charge is -2.27. The van der Waals surface area contributed by atoms with Crippen molar-refractivity contribution in [3.8, 4) is 0 Å². The third-order valence-electron chi connectivity index (χ3n) is 3.41. The Bertz CT molecular complexity index is 330. The number of hydrogen-bond donors (Lipinski definition) is 1. The van der Waals surface area contributed by atoms with Crippen molar-refractivity contribution in [1.29, 1.82) is 0 Å². The summed E-state index contributed by atoms with van der Waals surface area (Å²) in [7, 11) is 0. The molecular weight excluding hydrogens is 182 g/mol. The summed E-state index contributed by atoms with van der Waals surface area (Å²) in [5.41, 5.74) is 1.73. The topological polar surface area (TPSA) is 12.0 Å². The van der Waals surface area contributed by atoms with Crippen molar-refractivity contribution >= 4 is 0 Å². The van der Waals surface area contributed by atoms with Crippen LogP contribution in [0, 0.1) is 0 Å². The third-order valence-corrected chi connectivity index (χ3v) is 3.41. The van der Waals surface area contributed by atoms with Gasteiger partial charge in [0.1, 0.15) is 0 Å². The Morgan fingerprint density at radius 3 is 2.73 bits per heavy atom. The molecule has 1 nitrogen and oxygen atoms in total. The van der Waals surface area contributed by atoms with Crippen molar-refractivity contribution in [3.63, 3.8) is 0 Å². The molecule has 0 saturated carbocycles. The van der Waals surface area contributed by atoms with Gasteiger partial charge in [0.15, 0.2) is 0 Å². The highest BCUT2D eigenvalue weighted by Crippen LogP contribution is 2.36. The van der Waals surface area contributed by atoms with Gasteiger partial charge in [-0.25, -0.2) is 0 Å². The fraction of sp³-hybridized carbons (Fsp3) is 0.429. The van der Waals surface area contributed by atoms with Crippen molar-refractivity contribution in [1.82, 2.24) is 5.32 Å². The van der Waals surface area contributed by atoms with E-state index in [1.807, 2.05) is 6.08 Å². The summed E-state index contributed by atoms with van der Waals surface area (Å²) in [5, 5.41) is 3.55. The smallest absolute Gasteiger partial charge is 0.0127 e. The Kier molecular flexibility index (Phi) is 2.92. The molecule has 0 unspecified atom stereocenters. The minimum Gasteiger partial charge on any atom is -0.313 e. The maximum absolute atomic E-state index is 3.89. The maximum Gasteiger partial charge on any atom is 0.0127 e. The van der Waals surface area contributed by atoms with E-state index in [0.717, 1.165) is 13.0 Å². The molecule has 15 heavy (non-hydrogen) atoms. The highest BCUT2D eigenvalue weighted by atomic mass is 15.0. The molecule has 1 fully saturated rings. The Morgan fingerprint density at radius 1 is 1.47 bits per heavy atom. The van der Waals surface area contributed by atoms with E-state index in [2.05, 4.69) is 49.2 Å². The molecule has 1 aromatic carbocycles. The standard InChI is InChI=1S/C14H19N/c1-3-9-14(10-12(2)15-11-14)13-7-5-4-6-8-13/h3-8,12,15H,1,9-11H2,2H3/t12-,14+/m1/s1. The molecule has 1 aromatic rings. The van der Waals surface area contributed by atoms with Crippen LogP contribution >= 0.6 is 0 Å². The molecule has 0 radical (unpaired) electrons. The van der Waals surface area contributed by atoms with E-state index in [1.165, 1.54) is 12.0 Å². The van der Waals surface area contributed by atoms with Gasteiger partial charge < -0.3 is 5.32 Å². The molecule has 80 valence electrons. The largest absolute Gasteiger partial charge is 0.313 e. The van der Waals surface area contributed by atoms with Crippen LogP contribution < -0.4 is 5.32 Å². The predicted molar refractivity (Wildman–Crippen MR) is 65.0 cm³/mol. The molecule has 2 rings (SSSR count). The number of hydrogen-bond acceptors (Lipinski definition) is 1. The lowest BCUT2D eigenvalue weighted by Crippen LogP contribution is -2.28. The third kappa shape index (κ3) is 1.98. The van der Waals surface area contributed by atoms with Crippen molar-refractivity contribution in [2.45, 2.75) is 31.2 Å². The zero-order chi connectivity index (χ0) is 10.7. The Hall–Kier alpha value is -1.08. The Morgan fingerprint density at radius 2 is 2.20 bits per heavy atom. The summed E-state index contributed by atoms with van der Waals surface area (Å²) >= 11 is 0. The summed E-state index contributed by atoms with van der Waals surface area (Å²) in [5.74, 6) is 0. The second kappa shape index (κ2) is 4.19. The zero-order valence-corrected chi connectivity index (χ0v) is 9.37. The monoisotopic (exact) mass is 201 g/mol. The minimum absolute atomic E-state index is 0.280. The van der Waals surface area contributed by atoms with Gasteiger partial charge >= 0.3 is 0 Å². The van der Waals surface area contributed by atoms with E-state index >= 15 is 0 Å². The quantitative estimate of drug-likeness (QED) is 0.741. The molecule has 0 bridgehead atoms. The van der Waals surface area contributed by atoms with Crippen LogP contribution in [-0.4, -0.2) is 12.6 Å². The van der Waals surface area contributed by atoms with E-state index in [-0.39, 0.29) is 5.41 Å². The van der Waals surface area contributed by atoms with Gasteiger partial charge in [0.2, 0.25) is 0 Å². The normalized spacial score (nSPS) is 30.3. The SMILES string of the molecule is C=CC[C@@]1(c2ccccc2)CN[C@H](C)C1. The van der Waals surface area contributed by atoms with Crippen LogP contribution in [0.2, 0.25) is 0 Å². The molecular formula is C14H19N. The van der Waals surface area contributed by atoms with Gasteiger partial charge in [0, 0.05) is 18.0 Å². The molecule has 1 aliphatic rings. The van der Waals surface area contributed by atoms with Crippen LogP contribution in [0.25, 0.3) is 0 Å². The molecule has 1 aliphatic heterocycles. The number of benzene rings is 1. The first-order valence-corrected chi connectivity index (χ1v) is 5.67.